The quantitative estimate of drug-likeness (QED) is 0.637. The van der Waals surface area contributed by atoms with Gasteiger partial charge in [-0.15, -0.1) is 11.3 Å². The molecule has 0 radical (unpaired) electrons. The zero-order valence-electron chi connectivity index (χ0n) is 13.9. The van der Waals surface area contributed by atoms with Crippen molar-refractivity contribution in [1.29, 1.82) is 0 Å². The summed E-state index contributed by atoms with van der Waals surface area (Å²) in [4.78, 5) is 27.2. The van der Waals surface area contributed by atoms with E-state index in [0.29, 0.717) is 43.1 Å². The normalized spacial score (nSPS) is 15.3. The van der Waals surface area contributed by atoms with Crippen LogP contribution in [-0.2, 0) is 20.9 Å². The fourth-order valence-corrected chi connectivity index (χ4v) is 3.84. The lowest BCUT2D eigenvalue weighted by Gasteiger charge is -2.31. The number of piperidine rings is 1. The predicted octanol–water partition coefficient (Wildman–Crippen LogP) is 2.47. The summed E-state index contributed by atoms with van der Waals surface area (Å²) in [5.74, 6) is 0.390. The fourth-order valence-electron chi connectivity index (χ4n) is 2.92. The summed E-state index contributed by atoms with van der Waals surface area (Å²) in [5.41, 5.74) is 0. The average Bonchev–Trinajstić information content (AvgIpc) is 3.26. The Labute approximate surface area is 154 Å². The average molecular weight is 380 g/mol. The van der Waals surface area contributed by atoms with Gasteiger partial charge < -0.3 is 9.64 Å². The number of aromatic amines is 1. The van der Waals surface area contributed by atoms with E-state index in [-0.39, 0.29) is 24.3 Å². The van der Waals surface area contributed by atoms with Crippen LogP contribution in [0.1, 0.15) is 19.8 Å². The smallest absolute Gasteiger partial charge is 0.309 e. The van der Waals surface area contributed by atoms with Crippen molar-refractivity contribution in [2.45, 2.75) is 26.3 Å². The highest BCUT2D eigenvalue weighted by molar-refractivity contribution is 7.71. The van der Waals surface area contributed by atoms with E-state index in [1.54, 1.807) is 27.7 Å². The number of amides is 1. The summed E-state index contributed by atoms with van der Waals surface area (Å²) in [6.07, 6.45) is 1.28. The number of thiophene rings is 1. The number of nitrogens with one attached hydrogen (secondary N) is 1. The van der Waals surface area contributed by atoms with Gasteiger partial charge in [0, 0.05) is 13.1 Å². The van der Waals surface area contributed by atoms with E-state index in [1.807, 2.05) is 17.5 Å². The number of ether oxygens (including phenoxy) is 1. The first-order valence-corrected chi connectivity index (χ1v) is 9.52. The number of carbonyl (C=O) groups is 2. The molecule has 0 spiro atoms. The summed E-state index contributed by atoms with van der Waals surface area (Å²) in [7, 11) is 0. The van der Waals surface area contributed by atoms with Crippen LogP contribution in [0.25, 0.3) is 10.7 Å². The molecule has 2 aromatic heterocycles. The maximum absolute atomic E-state index is 12.6. The van der Waals surface area contributed by atoms with Crippen LogP contribution in [-0.4, -0.2) is 51.2 Å². The van der Waals surface area contributed by atoms with Gasteiger partial charge in [-0.3, -0.25) is 19.3 Å². The number of hydrogen-bond donors (Lipinski definition) is 1. The third kappa shape index (κ3) is 3.98. The van der Waals surface area contributed by atoms with E-state index >= 15 is 0 Å². The van der Waals surface area contributed by atoms with Crippen molar-refractivity contribution in [2.75, 3.05) is 19.7 Å². The molecule has 1 aliphatic rings. The first-order chi connectivity index (χ1) is 12.1. The zero-order chi connectivity index (χ0) is 17.8. The maximum atomic E-state index is 12.6. The lowest BCUT2D eigenvalue weighted by Crippen LogP contribution is -2.42. The molecule has 1 fully saturated rings. The molecule has 9 heteroatoms. The SMILES string of the molecule is CCOC(=O)C1CCN(C(=O)Cn2c(-c3cccs3)n[nH]c2=S)CC1. The summed E-state index contributed by atoms with van der Waals surface area (Å²) < 4.78 is 7.22. The Hall–Kier alpha value is -2.00. The number of carbonyl (C=O) groups excluding carboxylic acids is 2. The standard InChI is InChI=1S/C16H20N4O3S2/c1-2-23-15(22)11-5-7-19(8-6-11)13(21)10-20-14(17-18-16(20)24)12-4-3-9-25-12/h3-4,9,11H,2,5-8,10H2,1H3,(H,18,24). The monoisotopic (exact) mass is 380 g/mol. The molecular weight excluding hydrogens is 360 g/mol. The summed E-state index contributed by atoms with van der Waals surface area (Å²) in [6, 6.07) is 3.88. The van der Waals surface area contributed by atoms with Crippen molar-refractivity contribution in [3.8, 4) is 10.7 Å². The van der Waals surface area contributed by atoms with Crippen molar-refractivity contribution in [3.63, 3.8) is 0 Å². The van der Waals surface area contributed by atoms with Crippen molar-refractivity contribution < 1.29 is 14.3 Å². The van der Waals surface area contributed by atoms with Gasteiger partial charge >= 0.3 is 5.97 Å². The highest BCUT2D eigenvalue weighted by atomic mass is 32.1. The molecule has 1 amide bonds. The molecule has 3 heterocycles. The minimum atomic E-state index is -0.161. The van der Waals surface area contributed by atoms with Gasteiger partial charge in [0.1, 0.15) is 6.54 Å². The molecule has 0 atom stereocenters. The number of H-pyrrole nitrogens is 1. The van der Waals surface area contributed by atoms with Crippen LogP contribution < -0.4 is 0 Å². The summed E-state index contributed by atoms with van der Waals surface area (Å²) >= 11 is 6.81. The van der Waals surface area contributed by atoms with Crippen LogP contribution in [0, 0.1) is 10.7 Å². The summed E-state index contributed by atoms with van der Waals surface area (Å²) in [6.45, 7) is 3.45. The van der Waals surface area contributed by atoms with Gasteiger partial charge in [-0.2, -0.15) is 5.10 Å². The molecule has 0 unspecified atom stereocenters. The topological polar surface area (TPSA) is 80.2 Å². The Morgan fingerprint density at radius 3 is 2.84 bits per heavy atom. The van der Waals surface area contributed by atoms with Crippen LogP contribution in [0.5, 0.6) is 0 Å². The van der Waals surface area contributed by atoms with E-state index in [0.717, 1.165) is 4.88 Å². The third-order valence-electron chi connectivity index (χ3n) is 4.26. The molecule has 0 aromatic carbocycles. The molecule has 7 nitrogen and oxygen atoms in total. The first-order valence-electron chi connectivity index (χ1n) is 8.23. The Bertz CT molecular complexity index is 789. The number of likely N-dealkylation sites (tertiary alicyclic amines) is 1. The van der Waals surface area contributed by atoms with Crippen LogP contribution in [0.2, 0.25) is 0 Å². The second kappa shape index (κ2) is 7.92. The van der Waals surface area contributed by atoms with E-state index in [9.17, 15) is 9.59 Å². The lowest BCUT2D eigenvalue weighted by atomic mass is 9.97. The summed E-state index contributed by atoms with van der Waals surface area (Å²) in [5, 5.41) is 8.95. The Morgan fingerprint density at radius 1 is 1.44 bits per heavy atom. The van der Waals surface area contributed by atoms with Gasteiger partial charge in [0.25, 0.3) is 0 Å². The Morgan fingerprint density at radius 2 is 2.20 bits per heavy atom. The maximum Gasteiger partial charge on any atom is 0.309 e. The zero-order valence-corrected chi connectivity index (χ0v) is 15.6. The van der Waals surface area contributed by atoms with Gasteiger partial charge in [0.05, 0.1) is 17.4 Å². The Kier molecular flexibility index (Phi) is 5.64. The second-order valence-corrected chi connectivity index (χ2v) is 7.16. The van der Waals surface area contributed by atoms with Gasteiger partial charge in [-0.1, -0.05) is 6.07 Å². The molecule has 134 valence electrons. The van der Waals surface area contributed by atoms with E-state index < -0.39 is 0 Å². The molecular formula is C16H20N4O3S2. The van der Waals surface area contributed by atoms with Gasteiger partial charge in [0.2, 0.25) is 5.91 Å². The van der Waals surface area contributed by atoms with Crippen molar-refractivity contribution in [1.82, 2.24) is 19.7 Å². The first kappa shape index (κ1) is 17.8. The van der Waals surface area contributed by atoms with Crippen LogP contribution >= 0.6 is 23.6 Å². The van der Waals surface area contributed by atoms with Crippen molar-refractivity contribution in [2.24, 2.45) is 5.92 Å². The highest BCUT2D eigenvalue weighted by Gasteiger charge is 2.28. The van der Waals surface area contributed by atoms with Crippen LogP contribution in [0.3, 0.4) is 0 Å². The highest BCUT2D eigenvalue weighted by Crippen LogP contribution is 2.23. The van der Waals surface area contributed by atoms with Crippen LogP contribution in [0.4, 0.5) is 0 Å². The van der Waals surface area contributed by atoms with Crippen LogP contribution in [0.15, 0.2) is 17.5 Å². The Balaban J connectivity index is 1.64. The van der Waals surface area contributed by atoms with E-state index in [4.69, 9.17) is 17.0 Å². The molecule has 0 aliphatic carbocycles. The number of hydrogen-bond acceptors (Lipinski definition) is 6. The molecule has 1 aliphatic heterocycles. The molecule has 0 bridgehead atoms. The molecule has 0 saturated carbocycles. The third-order valence-corrected chi connectivity index (χ3v) is 5.44. The predicted molar refractivity (Wildman–Crippen MR) is 96.7 cm³/mol. The number of aromatic nitrogens is 3. The largest absolute Gasteiger partial charge is 0.466 e. The minimum Gasteiger partial charge on any atom is -0.466 e. The van der Waals surface area contributed by atoms with Gasteiger partial charge in [-0.05, 0) is 43.4 Å². The second-order valence-electron chi connectivity index (χ2n) is 5.82. The number of esters is 1. The number of nitrogens with zero attached hydrogens (tertiary/aromatic N) is 3. The van der Waals surface area contributed by atoms with Gasteiger partial charge in [0.15, 0.2) is 10.6 Å². The van der Waals surface area contributed by atoms with Gasteiger partial charge in [-0.25, -0.2) is 0 Å². The molecule has 25 heavy (non-hydrogen) atoms. The minimum absolute atomic E-state index is 0.0161. The molecule has 1 saturated heterocycles. The van der Waals surface area contributed by atoms with Crippen molar-refractivity contribution >= 4 is 35.4 Å². The van der Waals surface area contributed by atoms with E-state index in [1.165, 1.54) is 0 Å². The molecule has 2 aromatic rings. The molecule has 1 N–H and O–H groups in total. The fraction of sp³-hybridized carbons (Fsp3) is 0.500. The van der Waals surface area contributed by atoms with E-state index in [2.05, 4.69) is 10.2 Å². The molecule has 3 rings (SSSR count). The van der Waals surface area contributed by atoms with Crippen molar-refractivity contribution in [3.05, 3.63) is 22.3 Å². The number of rotatable bonds is 5. The lowest BCUT2D eigenvalue weighted by molar-refractivity contribution is -0.151.